The van der Waals surface area contributed by atoms with E-state index in [4.69, 9.17) is 10.5 Å². The zero-order valence-corrected chi connectivity index (χ0v) is 12.6. The summed E-state index contributed by atoms with van der Waals surface area (Å²) in [5.41, 5.74) is 10.7. The minimum atomic E-state index is 0.165. The number of benzene rings is 2. The van der Waals surface area contributed by atoms with Crippen LogP contribution in [0.25, 0.3) is 0 Å². The minimum Gasteiger partial charge on any atom is -0.497 e. The summed E-state index contributed by atoms with van der Waals surface area (Å²) in [6.45, 7) is 0. The number of hydrogen-bond donors (Lipinski definition) is 1. The maximum absolute atomic E-state index is 6.55. The smallest absolute Gasteiger partial charge is 0.119 e. The molecule has 0 radical (unpaired) electrons. The fraction of sp³-hybridized carbons (Fsp3) is 0.368. The topological polar surface area (TPSA) is 35.2 Å². The zero-order chi connectivity index (χ0) is 14.7. The molecule has 1 aliphatic carbocycles. The van der Waals surface area contributed by atoms with Crippen LogP contribution in [-0.2, 0) is 12.8 Å². The van der Waals surface area contributed by atoms with E-state index in [2.05, 4.69) is 36.4 Å². The van der Waals surface area contributed by atoms with Crippen molar-refractivity contribution in [3.05, 3.63) is 65.2 Å². The van der Waals surface area contributed by atoms with Crippen LogP contribution < -0.4 is 10.5 Å². The van der Waals surface area contributed by atoms with E-state index in [9.17, 15) is 0 Å². The predicted octanol–water partition coefficient (Wildman–Crippen LogP) is 3.69. The molecule has 2 unspecified atom stereocenters. The van der Waals surface area contributed by atoms with E-state index in [1.165, 1.54) is 36.0 Å². The summed E-state index contributed by atoms with van der Waals surface area (Å²) in [5.74, 6) is 1.38. The molecule has 0 amide bonds. The lowest BCUT2D eigenvalue weighted by molar-refractivity contribution is 0.413. The molecule has 0 fully saturated rings. The highest BCUT2D eigenvalue weighted by molar-refractivity contribution is 5.35. The molecule has 2 aromatic carbocycles. The Morgan fingerprint density at radius 3 is 2.90 bits per heavy atom. The minimum absolute atomic E-state index is 0.165. The van der Waals surface area contributed by atoms with Crippen molar-refractivity contribution < 1.29 is 4.74 Å². The highest BCUT2D eigenvalue weighted by atomic mass is 16.5. The van der Waals surface area contributed by atoms with Gasteiger partial charge in [0.1, 0.15) is 5.75 Å². The molecule has 2 N–H and O–H groups in total. The van der Waals surface area contributed by atoms with Crippen molar-refractivity contribution in [2.24, 2.45) is 5.73 Å². The molecule has 2 aromatic rings. The van der Waals surface area contributed by atoms with E-state index < -0.39 is 0 Å². The number of ether oxygens (including phenoxy) is 1. The Balaban J connectivity index is 1.78. The molecule has 0 saturated heterocycles. The maximum atomic E-state index is 6.55. The molecule has 0 saturated carbocycles. The van der Waals surface area contributed by atoms with Gasteiger partial charge in [0, 0.05) is 6.04 Å². The predicted molar refractivity (Wildman–Crippen MR) is 86.8 cm³/mol. The van der Waals surface area contributed by atoms with Gasteiger partial charge in [0.25, 0.3) is 0 Å². The first-order chi connectivity index (χ1) is 10.3. The third kappa shape index (κ3) is 3.11. The van der Waals surface area contributed by atoms with Crippen LogP contribution in [0.4, 0.5) is 0 Å². The monoisotopic (exact) mass is 281 g/mol. The van der Waals surface area contributed by atoms with Gasteiger partial charge in [-0.25, -0.2) is 0 Å². The van der Waals surface area contributed by atoms with E-state index in [1.54, 1.807) is 7.11 Å². The Labute approximate surface area is 126 Å². The van der Waals surface area contributed by atoms with Crippen LogP contribution >= 0.6 is 0 Å². The Kier molecular flexibility index (Phi) is 4.26. The van der Waals surface area contributed by atoms with Gasteiger partial charge in [0.15, 0.2) is 0 Å². The fourth-order valence-electron chi connectivity index (χ4n) is 3.45. The second-order valence-electron chi connectivity index (χ2n) is 5.92. The van der Waals surface area contributed by atoms with Gasteiger partial charge in [0.05, 0.1) is 7.11 Å². The lowest BCUT2D eigenvalue weighted by Gasteiger charge is -2.30. The standard InChI is InChI=1S/C19H23NO/c1-21-16-9-4-6-14(12-16)13-19(20)18-11-5-8-15-7-2-3-10-17(15)18/h2-4,6-7,9-10,12,18-19H,5,8,11,13,20H2,1H3. The summed E-state index contributed by atoms with van der Waals surface area (Å²) in [4.78, 5) is 0. The normalized spacial score (nSPS) is 18.9. The van der Waals surface area contributed by atoms with Crippen molar-refractivity contribution >= 4 is 0 Å². The summed E-state index contributed by atoms with van der Waals surface area (Å²) >= 11 is 0. The molecule has 2 atom stereocenters. The number of aryl methyl sites for hydroxylation is 1. The molecule has 2 heteroatoms. The first-order valence-electron chi connectivity index (χ1n) is 7.74. The van der Waals surface area contributed by atoms with Crippen LogP contribution in [0.2, 0.25) is 0 Å². The van der Waals surface area contributed by atoms with Crippen molar-refractivity contribution in [3.8, 4) is 5.75 Å². The van der Waals surface area contributed by atoms with E-state index in [0.717, 1.165) is 12.2 Å². The maximum Gasteiger partial charge on any atom is 0.119 e. The van der Waals surface area contributed by atoms with Gasteiger partial charge in [-0.3, -0.25) is 0 Å². The van der Waals surface area contributed by atoms with Crippen LogP contribution in [0.3, 0.4) is 0 Å². The van der Waals surface area contributed by atoms with Crippen molar-refractivity contribution in [3.63, 3.8) is 0 Å². The van der Waals surface area contributed by atoms with Crippen LogP contribution in [0.5, 0.6) is 5.75 Å². The molecular weight excluding hydrogens is 258 g/mol. The van der Waals surface area contributed by atoms with Crippen molar-refractivity contribution in [1.29, 1.82) is 0 Å². The van der Waals surface area contributed by atoms with Crippen molar-refractivity contribution in [1.82, 2.24) is 0 Å². The molecule has 0 aromatic heterocycles. The van der Waals surface area contributed by atoms with Gasteiger partial charge in [0.2, 0.25) is 0 Å². The molecule has 1 aliphatic rings. The second-order valence-corrected chi connectivity index (χ2v) is 5.92. The van der Waals surface area contributed by atoms with Gasteiger partial charge in [-0.15, -0.1) is 0 Å². The van der Waals surface area contributed by atoms with Crippen LogP contribution in [0.1, 0.15) is 35.4 Å². The Bertz CT molecular complexity index is 608. The molecule has 0 heterocycles. The van der Waals surface area contributed by atoms with Crippen molar-refractivity contribution in [2.45, 2.75) is 37.6 Å². The number of nitrogens with two attached hydrogens (primary N) is 1. The summed E-state index contributed by atoms with van der Waals surface area (Å²) < 4.78 is 5.30. The first-order valence-corrected chi connectivity index (χ1v) is 7.74. The van der Waals surface area contributed by atoms with Gasteiger partial charge in [-0.2, -0.15) is 0 Å². The van der Waals surface area contributed by atoms with E-state index >= 15 is 0 Å². The number of methoxy groups -OCH3 is 1. The summed E-state index contributed by atoms with van der Waals surface area (Å²) in [6.07, 6.45) is 4.53. The van der Waals surface area contributed by atoms with Crippen LogP contribution in [-0.4, -0.2) is 13.2 Å². The van der Waals surface area contributed by atoms with E-state index in [1.807, 2.05) is 12.1 Å². The molecule has 2 nitrogen and oxygen atoms in total. The molecule has 21 heavy (non-hydrogen) atoms. The first kappa shape index (κ1) is 14.2. The van der Waals surface area contributed by atoms with Gasteiger partial charge in [-0.1, -0.05) is 36.4 Å². The molecule has 3 rings (SSSR count). The quantitative estimate of drug-likeness (QED) is 0.927. The SMILES string of the molecule is COc1cccc(CC(N)C2CCCc3ccccc32)c1. The number of rotatable bonds is 4. The summed E-state index contributed by atoms with van der Waals surface area (Å²) in [7, 11) is 1.70. The van der Waals surface area contributed by atoms with Crippen molar-refractivity contribution in [2.75, 3.05) is 7.11 Å². The van der Waals surface area contributed by atoms with E-state index in [0.29, 0.717) is 5.92 Å². The lowest BCUT2D eigenvalue weighted by Crippen LogP contribution is -2.33. The second kappa shape index (κ2) is 6.31. The van der Waals surface area contributed by atoms with E-state index in [-0.39, 0.29) is 6.04 Å². The van der Waals surface area contributed by atoms with Gasteiger partial charge in [-0.05, 0) is 60.4 Å². The molecule has 0 spiro atoms. The highest BCUT2D eigenvalue weighted by Crippen LogP contribution is 2.34. The van der Waals surface area contributed by atoms with Crippen LogP contribution in [0.15, 0.2) is 48.5 Å². The largest absolute Gasteiger partial charge is 0.497 e. The number of fused-ring (bicyclic) bond motifs is 1. The molecular formula is C19H23NO. The average Bonchev–Trinajstić information content (AvgIpc) is 2.54. The summed E-state index contributed by atoms with van der Waals surface area (Å²) in [5, 5.41) is 0. The molecule has 110 valence electrons. The Morgan fingerprint density at radius 2 is 2.05 bits per heavy atom. The third-order valence-electron chi connectivity index (χ3n) is 4.54. The number of hydrogen-bond acceptors (Lipinski definition) is 2. The third-order valence-corrected chi connectivity index (χ3v) is 4.54. The van der Waals surface area contributed by atoms with Gasteiger partial charge < -0.3 is 10.5 Å². The molecule has 0 bridgehead atoms. The molecule has 0 aliphatic heterocycles. The Hall–Kier alpha value is -1.80. The lowest BCUT2D eigenvalue weighted by atomic mass is 9.77. The Morgan fingerprint density at radius 1 is 1.19 bits per heavy atom. The zero-order valence-electron chi connectivity index (χ0n) is 12.6. The summed E-state index contributed by atoms with van der Waals surface area (Å²) in [6, 6.07) is 17.2. The average molecular weight is 281 g/mol. The van der Waals surface area contributed by atoms with Gasteiger partial charge >= 0.3 is 0 Å². The highest BCUT2D eigenvalue weighted by Gasteiger charge is 2.25. The van der Waals surface area contributed by atoms with Crippen LogP contribution in [0, 0.1) is 0 Å². The fourth-order valence-corrected chi connectivity index (χ4v) is 3.45.